The topological polar surface area (TPSA) is 49.4 Å². The van der Waals surface area contributed by atoms with Gasteiger partial charge >= 0.3 is 0 Å². The number of nitrogens with zero attached hydrogens (tertiary/aromatic N) is 1. The van der Waals surface area contributed by atoms with Gasteiger partial charge in [-0.1, -0.05) is 35.9 Å². The van der Waals surface area contributed by atoms with Crippen LogP contribution in [0.15, 0.2) is 72.8 Å². The van der Waals surface area contributed by atoms with Gasteiger partial charge < -0.3 is 5.32 Å². The van der Waals surface area contributed by atoms with Crippen molar-refractivity contribution < 1.29 is 14.0 Å². The van der Waals surface area contributed by atoms with Crippen LogP contribution in [0.25, 0.3) is 0 Å². The maximum atomic E-state index is 13.1. The van der Waals surface area contributed by atoms with Crippen LogP contribution >= 0.6 is 11.8 Å². The molecule has 1 heterocycles. The fraction of sp³-hybridized carbons (Fsp3) is 0.130. The van der Waals surface area contributed by atoms with Crippen LogP contribution in [-0.2, 0) is 4.79 Å². The van der Waals surface area contributed by atoms with Gasteiger partial charge in [0.1, 0.15) is 11.2 Å². The molecule has 3 aromatic carbocycles. The number of anilines is 2. The Morgan fingerprint density at radius 3 is 2.45 bits per heavy atom. The Balaban J connectivity index is 1.65. The zero-order valence-corrected chi connectivity index (χ0v) is 16.6. The first-order chi connectivity index (χ1) is 14.0. The number of carbonyl (C=O) groups is 2. The van der Waals surface area contributed by atoms with E-state index in [4.69, 9.17) is 0 Å². The molecule has 2 amide bonds. The highest BCUT2D eigenvalue weighted by Gasteiger charge is 2.35. The molecule has 6 heteroatoms. The predicted octanol–water partition coefficient (Wildman–Crippen LogP) is 5.17. The zero-order valence-electron chi connectivity index (χ0n) is 15.8. The minimum atomic E-state index is -0.392. The summed E-state index contributed by atoms with van der Waals surface area (Å²) in [6, 6.07) is 20.7. The lowest BCUT2D eigenvalue weighted by molar-refractivity contribution is -0.115. The number of aryl methyl sites for hydroxylation is 1. The van der Waals surface area contributed by atoms with Gasteiger partial charge in [-0.2, -0.15) is 0 Å². The molecule has 0 spiro atoms. The number of thioether (sulfide) groups is 1. The number of hydrogen-bond acceptors (Lipinski definition) is 3. The molecule has 1 N–H and O–H groups in total. The van der Waals surface area contributed by atoms with Gasteiger partial charge in [-0.15, -0.1) is 11.8 Å². The summed E-state index contributed by atoms with van der Waals surface area (Å²) in [5.74, 6) is -0.313. The molecule has 1 fully saturated rings. The van der Waals surface area contributed by atoms with Crippen molar-refractivity contribution >= 4 is 35.0 Å². The maximum absolute atomic E-state index is 13.1. The van der Waals surface area contributed by atoms with Crippen molar-refractivity contribution in [3.63, 3.8) is 0 Å². The molecule has 1 atom stereocenters. The highest BCUT2D eigenvalue weighted by Crippen LogP contribution is 2.44. The van der Waals surface area contributed by atoms with Crippen molar-refractivity contribution in [2.45, 2.75) is 12.3 Å². The molecule has 0 radical (unpaired) electrons. The smallest absolute Gasteiger partial charge is 0.255 e. The quantitative estimate of drug-likeness (QED) is 0.651. The lowest BCUT2D eigenvalue weighted by atomic mass is 10.1. The summed E-state index contributed by atoms with van der Waals surface area (Å²) in [4.78, 5) is 27.0. The highest BCUT2D eigenvalue weighted by molar-refractivity contribution is 8.00. The molecule has 0 bridgehead atoms. The molecule has 1 saturated heterocycles. The maximum Gasteiger partial charge on any atom is 0.255 e. The molecule has 1 unspecified atom stereocenters. The highest BCUT2D eigenvalue weighted by atomic mass is 32.2. The molecule has 4 rings (SSSR count). The fourth-order valence-electron chi connectivity index (χ4n) is 3.26. The third kappa shape index (κ3) is 4.03. The van der Waals surface area contributed by atoms with Crippen molar-refractivity contribution in [2.24, 2.45) is 0 Å². The minimum Gasteiger partial charge on any atom is -0.322 e. The zero-order chi connectivity index (χ0) is 20.4. The third-order valence-corrected chi connectivity index (χ3v) is 5.96. The minimum absolute atomic E-state index is 0.0310. The normalized spacial score (nSPS) is 16.1. The van der Waals surface area contributed by atoms with Crippen molar-refractivity contribution in [3.05, 3.63) is 95.3 Å². The molecule has 0 aromatic heterocycles. The number of para-hydroxylation sites is 1. The lowest BCUT2D eigenvalue weighted by Crippen LogP contribution is -2.28. The molecular formula is C23H19FN2O2S. The van der Waals surface area contributed by atoms with E-state index in [1.54, 1.807) is 4.90 Å². The Bertz CT molecular complexity index is 1050. The molecule has 0 saturated carbocycles. The van der Waals surface area contributed by atoms with E-state index < -0.39 is 5.82 Å². The van der Waals surface area contributed by atoms with Gasteiger partial charge in [-0.25, -0.2) is 4.39 Å². The Morgan fingerprint density at radius 2 is 1.72 bits per heavy atom. The molecule has 4 nitrogen and oxygen atoms in total. The van der Waals surface area contributed by atoms with E-state index in [2.05, 4.69) is 5.32 Å². The van der Waals surface area contributed by atoms with Crippen molar-refractivity contribution in [1.29, 1.82) is 0 Å². The second-order valence-corrected chi connectivity index (χ2v) is 7.88. The standard InChI is InChI=1S/C23H19FN2O2S/c1-15-6-12-18(13-7-15)26-21(27)14-29-23(26)19-4-2-3-5-20(19)25-22(28)16-8-10-17(24)11-9-16/h2-13,23H,14H2,1H3,(H,25,28). The number of nitrogens with one attached hydrogen (secondary N) is 1. The van der Waals surface area contributed by atoms with Crippen molar-refractivity contribution in [2.75, 3.05) is 16.0 Å². The second kappa shape index (κ2) is 8.09. The van der Waals surface area contributed by atoms with Crippen LogP contribution in [0.1, 0.15) is 26.9 Å². The van der Waals surface area contributed by atoms with Crippen LogP contribution < -0.4 is 10.2 Å². The summed E-state index contributed by atoms with van der Waals surface area (Å²) < 4.78 is 13.1. The van der Waals surface area contributed by atoms with Gasteiger partial charge in [0.25, 0.3) is 5.91 Å². The van der Waals surface area contributed by atoms with E-state index in [-0.39, 0.29) is 17.2 Å². The van der Waals surface area contributed by atoms with E-state index in [0.29, 0.717) is 17.0 Å². The predicted molar refractivity (Wildman–Crippen MR) is 115 cm³/mol. The molecule has 3 aromatic rings. The van der Waals surface area contributed by atoms with E-state index in [1.807, 2.05) is 55.5 Å². The third-order valence-electron chi connectivity index (χ3n) is 4.76. The molecule has 29 heavy (non-hydrogen) atoms. The molecule has 1 aliphatic heterocycles. The number of halogens is 1. The fourth-order valence-corrected chi connectivity index (χ4v) is 4.47. The van der Waals surface area contributed by atoms with Gasteiger partial charge in [0.2, 0.25) is 5.91 Å². The first-order valence-electron chi connectivity index (χ1n) is 9.19. The number of rotatable bonds is 4. The lowest BCUT2D eigenvalue weighted by Gasteiger charge is -2.26. The van der Waals surface area contributed by atoms with E-state index in [0.717, 1.165) is 16.8 Å². The summed E-state index contributed by atoms with van der Waals surface area (Å²) >= 11 is 1.53. The van der Waals surface area contributed by atoms with E-state index in [1.165, 1.54) is 36.0 Å². The summed E-state index contributed by atoms with van der Waals surface area (Å²) in [6.45, 7) is 2.00. The van der Waals surface area contributed by atoms with Crippen molar-refractivity contribution in [3.8, 4) is 0 Å². The summed E-state index contributed by atoms with van der Waals surface area (Å²) in [5.41, 5.74) is 3.80. The number of amides is 2. The Morgan fingerprint density at radius 1 is 1.03 bits per heavy atom. The first-order valence-corrected chi connectivity index (χ1v) is 10.2. The second-order valence-electron chi connectivity index (χ2n) is 6.81. The van der Waals surface area contributed by atoms with Crippen LogP contribution in [0.5, 0.6) is 0 Å². The SMILES string of the molecule is Cc1ccc(N2C(=O)CSC2c2ccccc2NC(=O)c2ccc(F)cc2)cc1. The Hall–Kier alpha value is -3.12. The Kier molecular flexibility index (Phi) is 5.36. The molecular weight excluding hydrogens is 387 g/mol. The van der Waals surface area contributed by atoms with E-state index >= 15 is 0 Å². The number of hydrogen-bond donors (Lipinski definition) is 1. The summed E-state index contributed by atoms with van der Waals surface area (Å²) in [5, 5.41) is 2.67. The van der Waals surface area contributed by atoms with Crippen LogP contribution in [0.4, 0.5) is 15.8 Å². The largest absolute Gasteiger partial charge is 0.322 e. The van der Waals surface area contributed by atoms with Gasteiger partial charge in [0.15, 0.2) is 0 Å². The summed E-state index contributed by atoms with van der Waals surface area (Å²) in [7, 11) is 0. The monoisotopic (exact) mass is 406 g/mol. The number of carbonyl (C=O) groups excluding carboxylic acids is 2. The molecule has 146 valence electrons. The summed E-state index contributed by atoms with van der Waals surface area (Å²) in [6.07, 6.45) is 0. The van der Waals surface area contributed by atoms with Crippen LogP contribution in [0.3, 0.4) is 0 Å². The van der Waals surface area contributed by atoms with Gasteiger partial charge in [-0.3, -0.25) is 14.5 Å². The molecule has 0 aliphatic carbocycles. The average Bonchev–Trinajstić information content (AvgIpc) is 3.11. The number of benzene rings is 3. The molecule has 1 aliphatic rings. The van der Waals surface area contributed by atoms with Gasteiger partial charge in [0.05, 0.1) is 5.75 Å². The van der Waals surface area contributed by atoms with Crippen molar-refractivity contribution in [1.82, 2.24) is 0 Å². The van der Waals surface area contributed by atoms with E-state index in [9.17, 15) is 14.0 Å². The Labute approximate surface area is 172 Å². The van der Waals surface area contributed by atoms with Crippen LogP contribution in [0.2, 0.25) is 0 Å². The average molecular weight is 406 g/mol. The van der Waals surface area contributed by atoms with Gasteiger partial charge in [-0.05, 0) is 49.4 Å². The van der Waals surface area contributed by atoms with Gasteiger partial charge in [0, 0.05) is 22.5 Å². The first kappa shape index (κ1) is 19.2. The van der Waals surface area contributed by atoms with Crippen LogP contribution in [-0.4, -0.2) is 17.6 Å². The van der Waals surface area contributed by atoms with Crippen LogP contribution in [0, 0.1) is 12.7 Å².